The van der Waals surface area contributed by atoms with Gasteiger partial charge in [-0.1, -0.05) is 23.7 Å². The van der Waals surface area contributed by atoms with Crippen molar-refractivity contribution in [1.29, 1.82) is 0 Å². The number of methoxy groups -OCH3 is 2. The molecular formula is C24H23ClN2O5S. The highest BCUT2D eigenvalue weighted by molar-refractivity contribution is 7.92. The molecule has 2 N–H and O–H groups in total. The highest BCUT2D eigenvalue weighted by Crippen LogP contribution is 2.28. The Balaban J connectivity index is 1.75. The molecule has 33 heavy (non-hydrogen) atoms. The second kappa shape index (κ2) is 10.4. The molecule has 1 amide bonds. The van der Waals surface area contributed by atoms with E-state index in [1.807, 2.05) is 0 Å². The highest BCUT2D eigenvalue weighted by Gasteiger charge is 2.18. The van der Waals surface area contributed by atoms with E-state index in [1.165, 1.54) is 19.3 Å². The van der Waals surface area contributed by atoms with Crippen LogP contribution >= 0.6 is 11.6 Å². The van der Waals surface area contributed by atoms with Crippen LogP contribution < -0.4 is 19.5 Å². The summed E-state index contributed by atoms with van der Waals surface area (Å²) in [6.07, 6.45) is 2.96. The summed E-state index contributed by atoms with van der Waals surface area (Å²) in [6, 6.07) is 16.3. The second-order valence-corrected chi connectivity index (χ2v) is 9.12. The predicted octanol–water partition coefficient (Wildman–Crippen LogP) is 5.12. The van der Waals surface area contributed by atoms with Crippen LogP contribution in [0.5, 0.6) is 11.5 Å². The van der Waals surface area contributed by atoms with Crippen molar-refractivity contribution >= 4 is 45.0 Å². The minimum absolute atomic E-state index is 0.0547. The lowest BCUT2D eigenvalue weighted by Gasteiger charge is -2.12. The number of hydrogen-bond acceptors (Lipinski definition) is 5. The van der Waals surface area contributed by atoms with Crippen molar-refractivity contribution in [2.24, 2.45) is 0 Å². The van der Waals surface area contributed by atoms with Gasteiger partial charge in [0.25, 0.3) is 10.0 Å². The molecule has 0 saturated carbocycles. The van der Waals surface area contributed by atoms with E-state index in [2.05, 4.69) is 10.0 Å². The molecule has 0 aliphatic carbocycles. The molecule has 0 unspecified atom stereocenters. The van der Waals surface area contributed by atoms with Crippen molar-refractivity contribution in [3.63, 3.8) is 0 Å². The third-order valence-corrected chi connectivity index (χ3v) is 6.45. The van der Waals surface area contributed by atoms with Crippen LogP contribution in [0, 0.1) is 6.92 Å². The van der Waals surface area contributed by atoms with E-state index in [0.717, 1.165) is 5.56 Å². The first-order chi connectivity index (χ1) is 15.7. The molecule has 3 aromatic carbocycles. The summed E-state index contributed by atoms with van der Waals surface area (Å²) in [5.74, 6) is 0.712. The highest BCUT2D eigenvalue weighted by atomic mass is 35.5. The van der Waals surface area contributed by atoms with E-state index in [1.54, 1.807) is 74.7 Å². The number of anilines is 2. The quantitative estimate of drug-likeness (QED) is 0.431. The molecule has 172 valence electrons. The van der Waals surface area contributed by atoms with E-state index in [9.17, 15) is 13.2 Å². The number of benzene rings is 3. The summed E-state index contributed by atoms with van der Waals surface area (Å²) in [4.78, 5) is 12.5. The van der Waals surface area contributed by atoms with Crippen LogP contribution in [0.1, 0.15) is 11.1 Å². The average Bonchev–Trinajstić information content (AvgIpc) is 2.80. The topological polar surface area (TPSA) is 93.7 Å². The fourth-order valence-electron chi connectivity index (χ4n) is 3.01. The smallest absolute Gasteiger partial charge is 0.262 e. The third kappa shape index (κ3) is 6.27. The van der Waals surface area contributed by atoms with Crippen LogP contribution in [0.4, 0.5) is 11.4 Å². The van der Waals surface area contributed by atoms with Crippen molar-refractivity contribution < 1.29 is 22.7 Å². The maximum absolute atomic E-state index is 12.9. The number of aryl methyl sites for hydroxylation is 1. The number of rotatable bonds is 8. The molecule has 7 nitrogen and oxygen atoms in total. The zero-order valence-corrected chi connectivity index (χ0v) is 19.8. The van der Waals surface area contributed by atoms with E-state index >= 15 is 0 Å². The predicted molar refractivity (Wildman–Crippen MR) is 131 cm³/mol. The van der Waals surface area contributed by atoms with Gasteiger partial charge in [0, 0.05) is 22.5 Å². The number of carbonyl (C=O) groups is 1. The molecule has 9 heteroatoms. The monoisotopic (exact) mass is 486 g/mol. The molecule has 3 aromatic rings. The van der Waals surface area contributed by atoms with Crippen molar-refractivity contribution in [3.05, 3.63) is 82.9 Å². The normalized spacial score (nSPS) is 11.3. The summed E-state index contributed by atoms with van der Waals surface area (Å²) < 4.78 is 38.7. The third-order valence-electron chi connectivity index (χ3n) is 4.68. The van der Waals surface area contributed by atoms with Gasteiger partial charge in [-0.15, -0.1) is 0 Å². The number of hydrogen-bond donors (Lipinski definition) is 2. The Labute approximate surface area is 198 Å². The molecule has 0 bridgehead atoms. The van der Waals surface area contributed by atoms with Gasteiger partial charge in [0.1, 0.15) is 0 Å². The van der Waals surface area contributed by atoms with Crippen LogP contribution in [0.15, 0.2) is 71.6 Å². The zero-order chi connectivity index (χ0) is 24.0. The number of sulfonamides is 1. The second-order valence-electron chi connectivity index (χ2n) is 7.03. The zero-order valence-electron chi connectivity index (χ0n) is 18.3. The molecule has 0 fully saturated rings. The van der Waals surface area contributed by atoms with Crippen molar-refractivity contribution in [2.45, 2.75) is 11.8 Å². The number of amides is 1. The van der Waals surface area contributed by atoms with Crippen molar-refractivity contribution in [1.82, 2.24) is 0 Å². The number of halogens is 1. The molecular weight excluding hydrogens is 464 g/mol. The Hall–Kier alpha value is -3.49. The Morgan fingerprint density at radius 1 is 0.909 bits per heavy atom. The first kappa shape index (κ1) is 24.2. The van der Waals surface area contributed by atoms with Crippen LogP contribution in [-0.2, 0) is 14.8 Å². The van der Waals surface area contributed by atoms with Crippen LogP contribution in [0.25, 0.3) is 6.08 Å². The minimum atomic E-state index is -3.87. The number of nitrogens with one attached hydrogen (secondary N) is 2. The summed E-state index contributed by atoms with van der Waals surface area (Å²) in [5, 5.41) is 3.18. The lowest BCUT2D eigenvalue weighted by atomic mass is 10.2. The van der Waals surface area contributed by atoms with Crippen molar-refractivity contribution in [3.8, 4) is 11.5 Å². The fraction of sp³-hybridized carbons (Fsp3) is 0.125. The number of ether oxygens (including phenoxy) is 2. The molecule has 0 spiro atoms. The summed E-state index contributed by atoms with van der Waals surface area (Å²) in [5.41, 5.74) is 2.00. The number of carbonyl (C=O) groups excluding carboxylic acids is 1. The van der Waals surface area contributed by atoms with Gasteiger partial charge in [0.2, 0.25) is 5.91 Å². The molecule has 0 aromatic heterocycles. The Morgan fingerprint density at radius 3 is 2.24 bits per heavy atom. The summed E-state index contributed by atoms with van der Waals surface area (Å²) in [7, 11) is -0.799. The Bertz CT molecular complexity index is 1290. The van der Waals surface area contributed by atoms with Crippen molar-refractivity contribution in [2.75, 3.05) is 24.3 Å². The average molecular weight is 487 g/mol. The van der Waals surface area contributed by atoms with Crippen LogP contribution in [0.2, 0.25) is 5.02 Å². The largest absolute Gasteiger partial charge is 0.493 e. The lowest BCUT2D eigenvalue weighted by molar-refractivity contribution is -0.111. The minimum Gasteiger partial charge on any atom is -0.493 e. The Kier molecular flexibility index (Phi) is 7.63. The summed E-state index contributed by atoms with van der Waals surface area (Å²) >= 11 is 5.85. The van der Waals surface area contributed by atoms with E-state index < -0.39 is 15.9 Å². The molecule has 0 heterocycles. The molecule has 0 radical (unpaired) electrons. The van der Waals surface area contributed by atoms with Gasteiger partial charge in [0.15, 0.2) is 11.5 Å². The van der Waals surface area contributed by atoms with Gasteiger partial charge in [-0.2, -0.15) is 0 Å². The van der Waals surface area contributed by atoms with E-state index in [-0.39, 0.29) is 4.90 Å². The van der Waals surface area contributed by atoms with Crippen LogP contribution in [-0.4, -0.2) is 28.5 Å². The first-order valence-corrected chi connectivity index (χ1v) is 11.7. The molecule has 0 aliphatic heterocycles. The molecule has 0 saturated heterocycles. The SMILES string of the molecule is COc1ccc(/C=C/C(=O)Nc2ccc(C)c(S(=O)(=O)Nc3ccc(Cl)cc3)c2)cc1OC. The molecule has 3 rings (SSSR count). The fourth-order valence-corrected chi connectivity index (χ4v) is 4.46. The van der Waals surface area contributed by atoms with Gasteiger partial charge < -0.3 is 14.8 Å². The van der Waals surface area contributed by atoms with Gasteiger partial charge in [-0.25, -0.2) is 8.42 Å². The Morgan fingerprint density at radius 2 is 1.58 bits per heavy atom. The van der Waals surface area contributed by atoms with Gasteiger partial charge in [-0.3, -0.25) is 9.52 Å². The van der Waals surface area contributed by atoms with Gasteiger partial charge in [-0.05, 0) is 72.7 Å². The van der Waals surface area contributed by atoms with E-state index in [0.29, 0.717) is 33.5 Å². The molecule has 0 atom stereocenters. The van der Waals surface area contributed by atoms with E-state index in [4.69, 9.17) is 21.1 Å². The molecule has 0 aliphatic rings. The standard InChI is InChI=1S/C24H23ClN2O5S/c1-16-4-9-20(15-23(16)33(29,30)27-19-10-7-18(25)8-11-19)26-24(28)13-6-17-5-12-21(31-2)22(14-17)32-3/h4-15,27H,1-3H3,(H,26,28)/b13-6+. The van der Waals surface area contributed by atoms with Gasteiger partial charge >= 0.3 is 0 Å². The summed E-state index contributed by atoms with van der Waals surface area (Å²) in [6.45, 7) is 1.68. The first-order valence-electron chi connectivity index (χ1n) is 9.82. The maximum atomic E-state index is 12.9. The van der Waals surface area contributed by atoms with Crippen LogP contribution in [0.3, 0.4) is 0 Å². The maximum Gasteiger partial charge on any atom is 0.262 e. The lowest BCUT2D eigenvalue weighted by Crippen LogP contribution is -2.15. The van der Waals surface area contributed by atoms with Gasteiger partial charge in [0.05, 0.1) is 19.1 Å².